The third-order valence-electron chi connectivity index (χ3n) is 7.37. The second kappa shape index (κ2) is 13.0. The summed E-state index contributed by atoms with van der Waals surface area (Å²) >= 11 is 1.42. The molecule has 0 aliphatic heterocycles. The molecule has 38 heavy (non-hydrogen) atoms. The Labute approximate surface area is 231 Å². The Balaban J connectivity index is 2.21. The fraction of sp³-hybridized carbons (Fsp3) is 0.500. The van der Waals surface area contributed by atoms with E-state index in [1.54, 1.807) is 21.6 Å². The first-order chi connectivity index (χ1) is 18.2. The van der Waals surface area contributed by atoms with Gasteiger partial charge in [0, 0.05) is 6.20 Å². The van der Waals surface area contributed by atoms with Gasteiger partial charge >= 0.3 is 0 Å². The molecule has 0 aliphatic carbocycles. The predicted octanol–water partition coefficient (Wildman–Crippen LogP) is 5.84. The van der Waals surface area contributed by atoms with Crippen molar-refractivity contribution in [3.8, 4) is 5.82 Å². The van der Waals surface area contributed by atoms with Gasteiger partial charge in [-0.3, -0.25) is 4.79 Å². The van der Waals surface area contributed by atoms with E-state index in [2.05, 4.69) is 50.3 Å². The SMILES string of the molecule is C=CCn1c(=O)c2cnc(SC)nc2n1-c1cccc([C@@](C)(CC/C=C(/C)CO)O[Si](CC)(CC)CC)n1. The van der Waals surface area contributed by atoms with E-state index in [-0.39, 0.29) is 12.2 Å². The summed E-state index contributed by atoms with van der Waals surface area (Å²) in [6, 6.07) is 8.94. The first-order valence-corrected chi connectivity index (χ1v) is 17.0. The van der Waals surface area contributed by atoms with E-state index in [0.717, 1.165) is 42.2 Å². The van der Waals surface area contributed by atoms with Crippen LogP contribution in [0, 0.1) is 0 Å². The van der Waals surface area contributed by atoms with Gasteiger partial charge < -0.3 is 9.53 Å². The zero-order chi connectivity index (χ0) is 27.9. The lowest BCUT2D eigenvalue weighted by Gasteiger charge is -2.40. The van der Waals surface area contributed by atoms with Gasteiger partial charge in [-0.15, -0.1) is 6.58 Å². The molecule has 1 N–H and O–H groups in total. The predicted molar refractivity (Wildman–Crippen MR) is 159 cm³/mol. The summed E-state index contributed by atoms with van der Waals surface area (Å²) in [6.45, 7) is 14.9. The van der Waals surface area contributed by atoms with Crippen LogP contribution in [0.2, 0.25) is 18.1 Å². The van der Waals surface area contributed by atoms with E-state index in [1.165, 1.54) is 11.8 Å². The van der Waals surface area contributed by atoms with Crippen molar-refractivity contribution in [2.45, 2.75) is 82.9 Å². The number of allylic oxidation sites excluding steroid dienone is 2. The minimum atomic E-state index is -2.00. The topological polar surface area (TPSA) is 95.1 Å². The summed E-state index contributed by atoms with van der Waals surface area (Å²) in [4.78, 5) is 27.4. The molecule has 206 valence electrons. The number of nitrogens with zero attached hydrogens (tertiary/aromatic N) is 5. The number of aliphatic hydroxyl groups is 1. The van der Waals surface area contributed by atoms with E-state index >= 15 is 0 Å². The zero-order valence-corrected chi connectivity index (χ0v) is 25.3. The summed E-state index contributed by atoms with van der Waals surface area (Å²) in [6.07, 6.45) is 8.74. The highest BCUT2D eigenvalue weighted by molar-refractivity contribution is 7.98. The molecule has 3 heterocycles. The maximum absolute atomic E-state index is 13.3. The molecule has 0 amide bonds. The number of aliphatic hydroxyl groups excluding tert-OH is 1. The Morgan fingerprint density at radius 1 is 1.24 bits per heavy atom. The van der Waals surface area contributed by atoms with Gasteiger partial charge in [0.15, 0.2) is 24.9 Å². The minimum Gasteiger partial charge on any atom is -0.406 e. The van der Waals surface area contributed by atoms with Gasteiger partial charge in [-0.2, -0.15) is 0 Å². The summed E-state index contributed by atoms with van der Waals surface area (Å²) < 4.78 is 10.5. The maximum Gasteiger partial charge on any atom is 0.278 e. The molecule has 0 aliphatic rings. The number of rotatable bonds is 14. The highest BCUT2D eigenvalue weighted by Crippen LogP contribution is 2.37. The molecule has 0 fully saturated rings. The highest BCUT2D eigenvalue weighted by Gasteiger charge is 2.40. The van der Waals surface area contributed by atoms with Crippen molar-refractivity contribution in [3.63, 3.8) is 0 Å². The Hall–Kier alpha value is -2.53. The maximum atomic E-state index is 13.3. The van der Waals surface area contributed by atoms with Crippen LogP contribution >= 0.6 is 11.8 Å². The van der Waals surface area contributed by atoms with Crippen LogP contribution in [0.25, 0.3) is 16.9 Å². The Bertz CT molecular complexity index is 1340. The second-order valence-corrected chi connectivity index (χ2v) is 15.3. The molecule has 0 radical (unpaired) electrons. The number of aromatic nitrogens is 5. The third-order valence-corrected chi connectivity index (χ3v) is 12.7. The van der Waals surface area contributed by atoms with Crippen molar-refractivity contribution >= 4 is 31.1 Å². The lowest BCUT2D eigenvalue weighted by Crippen LogP contribution is -2.44. The normalized spacial score (nSPS) is 14.1. The summed E-state index contributed by atoms with van der Waals surface area (Å²) in [5.41, 5.74) is 1.45. The van der Waals surface area contributed by atoms with Gasteiger partial charge in [0.2, 0.25) is 0 Å². The molecule has 3 rings (SSSR count). The summed E-state index contributed by atoms with van der Waals surface area (Å²) in [5, 5.41) is 10.5. The lowest BCUT2D eigenvalue weighted by atomic mass is 9.95. The van der Waals surface area contributed by atoms with Gasteiger partial charge in [0.25, 0.3) is 5.56 Å². The van der Waals surface area contributed by atoms with E-state index < -0.39 is 13.9 Å². The first-order valence-electron chi connectivity index (χ1n) is 13.3. The highest BCUT2D eigenvalue weighted by atomic mass is 32.2. The quantitative estimate of drug-likeness (QED) is 0.116. The second-order valence-electron chi connectivity index (χ2n) is 9.79. The fourth-order valence-corrected chi connectivity index (χ4v) is 8.23. The van der Waals surface area contributed by atoms with Gasteiger partial charge in [0.1, 0.15) is 5.39 Å². The molecule has 3 aromatic heterocycles. The lowest BCUT2D eigenvalue weighted by molar-refractivity contribution is 0.0598. The van der Waals surface area contributed by atoms with Crippen LogP contribution in [0.1, 0.15) is 53.2 Å². The van der Waals surface area contributed by atoms with Crippen LogP contribution in [-0.4, -0.2) is 50.6 Å². The van der Waals surface area contributed by atoms with Crippen LogP contribution in [0.3, 0.4) is 0 Å². The van der Waals surface area contributed by atoms with Crippen molar-refractivity contribution < 1.29 is 9.53 Å². The molecular weight excluding hydrogens is 514 g/mol. The zero-order valence-electron chi connectivity index (χ0n) is 23.5. The van der Waals surface area contributed by atoms with Crippen molar-refractivity contribution in [2.75, 3.05) is 12.9 Å². The fourth-order valence-electron chi connectivity index (χ4n) is 4.80. The van der Waals surface area contributed by atoms with Crippen LogP contribution in [0.15, 0.2) is 58.7 Å². The standard InChI is InChI=1S/C28H41N5O3SSi/c1-8-18-32-26(35)22-19-29-27(37-7)31-25(22)33(32)24-16-12-15-23(30-24)28(6,17-13-14-21(5)20-34)36-38(9-2,10-3)11-4/h8,12,14-16,19,34H,1,9-11,13,17-18,20H2,2-7H3/b21-14-/t28-/m1/s1. The van der Waals surface area contributed by atoms with E-state index in [1.807, 2.05) is 31.4 Å². The smallest absolute Gasteiger partial charge is 0.278 e. The van der Waals surface area contributed by atoms with Gasteiger partial charge in [-0.25, -0.2) is 24.3 Å². The number of hydrogen-bond acceptors (Lipinski definition) is 7. The van der Waals surface area contributed by atoms with Gasteiger partial charge in [-0.05, 0) is 63.2 Å². The van der Waals surface area contributed by atoms with Crippen LogP contribution in [0.5, 0.6) is 0 Å². The van der Waals surface area contributed by atoms with Gasteiger partial charge in [0.05, 0.1) is 24.4 Å². The molecule has 10 heteroatoms. The summed E-state index contributed by atoms with van der Waals surface area (Å²) in [7, 11) is -2.00. The average molecular weight is 556 g/mol. The molecule has 0 saturated heterocycles. The molecule has 3 aromatic rings. The Morgan fingerprint density at radius 3 is 2.55 bits per heavy atom. The molecule has 8 nitrogen and oxygen atoms in total. The number of fused-ring (bicyclic) bond motifs is 1. The largest absolute Gasteiger partial charge is 0.406 e. The Kier molecular flexibility index (Phi) is 10.3. The molecule has 0 spiro atoms. The first kappa shape index (κ1) is 30.0. The van der Waals surface area contributed by atoms with Crippen LogP contribution in [0.4, 0.5) is 0 Å². The molecule has 0 aromatic carbocycles. The monoisotopic (exact) mass is 555 g/mol. The molecule has 1 atom stereocenters. The number of hydrogen-bond donors (Lipinski definition) is 1. The average Bonchev–Trinajstić information content (AvgIpc) is 3.22. The van der Waals surface area contributed by atoms with E-state index in [9.17, 15) is 9.90 Å². The molecule has 0 saturated carbocycles. The molecule has 0 bridgehead atoms. The van der Waals surface area contributed by atoms with Crippen molar-refractivity contribution in [3.05, 3.63) is 64.7 Å². The van der Waals surface area contributed by atoms with Gasteiger partial charge in [-0.1, -0.05) is 56.3 Å². The van der Waals surface area contributed by atoms with Crippen molar-refractivity contribution in [1.29, 1.82) is 0 Å². The van der Waals surface area contributed by atoms with Crippen LogP contribution < -0.4 is 5.56 Å². The van der Waals surface area contributed by atoms with Crippen molar-refractivity contribution in [1.82, 2.24) is 24.3 Å². The molecule has 0 unspecified atom stereocenters. The van der Waals surface area contributed by atoms with E-state index in [4.69, 9.17) is 9.41 Å². The number of thioether (sulfide) groups is 1. The summed E-state index contributed by atoms with van der Waals surface area (Å²) in [5.74, 6) is 0.593. The molecular formula is C28H41N5O3SSi. The number of pyridine rings is 1. The van der Waals surface area contributed by atoms with Crippen molar-refractivity contribution in [2.24, 2.45) is 0 Å². The van der Waals surface area contributed by atoms with Crippen LogP contribution in [-0.2, 0) is 16.6 Å². The van der Waals surface area contributed by atoms with E-state index in [0.29, 0.717) is 28.6 Å². The Morgan fingerprint density at radius 2 is 1.95 bits per heavy atom. The minimum absolute atomic E-state index is 0.0459. The third kappa shape index (κ3) is 6.19.